The van der Waals surface area contributed by atoms with Crippen LogP contribution < -0.4 is 14.8 Å². The molecule has 3 rings (SSSR count). The molecule has 1 aliphatic rings. The van der Waals surface area contributed by atoms with Crippen LogP contribution in [0.5, 0.6) is 11.5 Å². The number of hydrogen-bond acceptors (Lipinski definition) is 5. The summed E-state index contributed by atoms with van der Waals surface area (Å²) in [6.45, 7) is 11.2. The maximum Gasteiger partial charge on any atom is 0.234 e. The van der Waals surface area contributed by atoms with E-state index in [2.05, 4.69) is 53.2 Å². The minimum atomic E-state index is 0.0122. The number of piperazine rings is 1. The predicted octanol–water partition coefficient (Wildman–Crippen LogP) is 3.32. The second kappa shape index (κ2) is 10.6. The smallest absolute Gasteiger partial charge is 0.234 e. The van der Waals surface area contributed by atoms with Gasteiger partial charge in [-0.05, 0) is 55.2 Å². The molecule has 2 aromatic carbocycles. The van der Waals surface area contributed by atoms with E-state index in [0.717, 1.165) is 49.8 Å². The summed E-state index contributed by atoms with van der Waals surface area (Å²) in [5, 5.41) is 3.14. The first-order chi connectivity index (χ1) is 14.9. The largest absolute Gasteiger partial charge is 0.493 e. The maximum absolute atomic E-state index is 12.6. The molecule has 0 aromatic heterocycles. The zero-order chi connectivity index (χ0) is 22.4. The molecular weight excluding hydrogens is 390 g/mol. The van der Waals surface area contributed by atoms with Gasteiger partial charge in [0.05, 0.1) is 26.8 Å². The third-order valence-corrected chi connectivity index (χ3v) is 6.09. The Labute approximate surface area is 186 Å². The van der Waals surface area contributed by atoms with E-state index >= 15 is 0 Å². The number of hydrogen-bond donors (Lipinski definition) is 1. The summed E-state index contributed by atoms with van der Waals surface area (Å²) in [7, 11) is 3.31. The molecule has 1 atom stereocenters. The van der Waals surface area contributed by atoms with Gasteiger partial charge in [-0.15, -0.1) is 0 Å². The lowest BCUT2D eigenvalue weighted by Gasteiger charge is -2.34. The fraction of sp³-hybridized carbons (Fsp3) is 0.480. The van der Waals surface area contributed by atoms with Crippen molar-refractivity contribution in [2.75, 3.05) is 46.9 Å². The van der Waals surface area contributed by atoms with Crippen molar-refractivity contribution in [3.05, 3.63) is 58.7 Å². The molecule has 2 aromatic rings. The van der Waals surface area contributed by atoms with Crippen LogP contribution in [0.3, 0.4) is 0 Å². The molecule has 0 aliphatic carbocycles. The summed E-state index contributed by atoms with van der Waals surface area (Å²) < 4.78 is 10.7. The summed E-state index contributed by atoms with van der Waals surface area (Å²) in [6, 6.07) is 12.4. The van der Waals surface area contributed by atoms with Gasteiger partial charge < -0.3 is 14.8 Å². The van der Waals surface area contributed by atoms with Gasteiger partial charge >= 0.3 is 0 Å². The molecule has 0 bridgehead atoms. The van der Waals surface area contributed by atoms with Crippen molar-refractivity contribution in [1.29, 1.82) is 0 Å². The Kier molecular flexibility index (Phi) is 7.93. The van der Waals surface area contributed by atoms with Crippen LogP contribution in [0.25, 0.3) is 0 Å². The molecule has 31 heavy (non-hydrogen) atoms. The van der Waals surface area contributed by atoms with E-state index in [1.165, 1.54) is 16.7 Å². The third kappa shape index (κ3) is 6.21. The first-order valence-corrected chi connectivity index (χ1v) is 10.9. The standard InChI is InChI=1S/C25H35N3O3/c1-18-6-8-22(14-19(18)2)20(3)26-25(29)17-28-12-10-27(11-13-28)16-21-7-9-23(30-4)24(15-21)31-5/h6-9,14-15,20H,10-13,16-17H2,1-5H3,(H,26,29)/t20-/m0/s1. The van der Waals surface area contributed by atoms with Crippen molar-refractivity contribution in [3.8, 4) is 11.5 Å². The predicted molar refractivity (Wildman–Crippen MR) is 124 cm³/mol. The number of ether oxygens (including phenoxy) is 2. The number of nitrogens with zero attached hydrogens (tertiary/aromatic N) is 2. The van der Waals surface area contributed by atoms with E-state index in [9.17, 15) is 4.79 Å². The van der Waals surface area contributed by atoms with Crippen LogP contribution in [0.1, 0.15) is 35.2 Å². The van der Waals surface area contributed by atoms with E-state index in [-0.39, 0.29) is 11.9 Å². The van der Waals surface area contributed by atoms with E-state index in [0.29, 0.717) is 6.54 Å². The normalized spacial score (nSPS) is 16.0. The Balaban J connectivity index is 1.45. The average molecular weight is 426 g/mol. The molecule has 0 saturated carbocycles. The molecular formula is C25H35N3O3. The zero-order valence-corrected chi connectivity index (χ0v) is 19.4. The van der Waals surface area contributed by atoms with Gasteiger partial charge in [0, 0.05) is 32.7 Å². The van der Waals surface area contributed by atoms with Gasteiger partial charge in [-0.25, -0.2) is 0 Å². The molecule has 6 heteroatoms. The minimum Gasteiger partial charge on any atom is -0.493 e. The number of nitrogens with one attached hydrogen (secondary N) is 1. The number of benzene rings is 2. The van der Waals surface area contributed by atoms with Gasteiger partial charge in [-0.2, -0.15) is 0 Å². The summed E-state index contributed by atoms with van der Waals surface area (Å²) in [5.41, 5.74) is 4.87. The molecule has 6 nitrogen and oxygen atoms in total. The number of carbonyl (C=O) groups excluding carboxylic acids is 1. The second-order valence-electron chi connectivity index (χ2n) is 8.37. The highest BCUT2D eigenvalue weighted by molar-refractivity contribution is 5.78. The van der Waals surface area contributed by atoms with Crippen molar-refractivity contribution in [2.24, 2.45) is 0 Å². The molecule has 0 spiro atoms. The molecule has 1 amide bonds. The first kappa shape index (κ1) is 23.1. The van der Waals surface area contributed by atoms with Crippen LogP contribution in [0.2, 0.25) is 0 Å². The van der Waals surface area contributed by atoms with Gasteiger partial charge in [0.15, 0.2) is 11.5 Å². The van der Waals surface area contributed by atoms with Crippen molar-refractivity contribution < 1.29 is 14.3 Å². The van der Waals surface area contributed by atoms with Crippen LogP contribution in [0, 0.1) is 13.8 Å². The van der Waals surface area contributed by atoms with Crippen molar-refractivity contribution in [1.82, 2.24) is 15.1 Å². The lowest BCUT2D eigenvalue weighted by molar-refractivity contribution is -0.123. The Morgan fingerprint density at radius 2 is 1.61 bits per heavy atom. The van der Waals surface area contributed by atoms with Gasteiger partial charge in [0.1, 0.15) is 0 Å². The molecule has 1 N–H and O–H groups in total. The zero-order valence-electron chi connectivity index (χ0n) is 19.4. The van der Waals surface area contributed by atoms with Crippen LogP contribution in [-0.2, 0) is 11.3 Å². The van der Waals surface area contributed by atoms with E-state index in [4.69, 9.17) is 9.47 Å². The highest BCUT2D eigenvalue weighted by Crippen LogP contribution is 2.28. The van der Waals surface area contributed by atoms with Crippen molar-refractivity contribution in [3.63, 3.8) is 0 Å². The van der Waals surface area contributed by atoms with Crippen molar-refractivity contribution >= 4 is 5.91 Å². The molecule has 0 radical (unpaired) electrons. The topological polar surface area (TPSA) is 54.0 Å². The van der Waals surface area contributed by atoms with Crippen LogP contribution >= 0.6 is 0 Å². The SMILES string of the molecule is COc1ccc(CN2CCN(CC(=O)N[C@@H](C)c3ccc(C)c(C)c3)CC2)cc1OC. The van der Waals surface area contributed by atoms with Gasteiger partial charge in [-0.3, -0.25) is 14.6 Å². The van der Waals surface area contributed by atoms with Gasteiger partial charge in [0.25, 0.3) is 0 Å². The summed E-state index contributed by atoms with van der Waals surface area (Å²) in [5.74, 6) is 1.59. The van der Waals surface area contributed by atoms with Crippen molar-refractivity contribution in [2.45, 2.75) is 33.4 Å². The van der Waals surface area contributed by atoms with Gasteiger partial charge in [-0.1, -0.05) is 24.3 Å². The lowest BCUT2D eigenvalue weighted by atomic mass is 10.0. The highest BCUT2D eigenvalue weighted by Gasteiger charge is 2.20. The number of carbonyl (C=O) groups is 1. The van der Waals surface area contributed by atoms with Crippen LogP contribution in [0.4, 0.5) is 0 Å². The maximum atomic E-state index is 12.6. The lowest BCUT2D eigenvalue weighted by Crippen LogP contribution is -2.49. The van der Waals surface area contributed by atoms with E-state index in [1.54, 1.807) is 14.2 Å². The Bertz CT molecular complexity index is 892. The molecule has 0 unspecified atom stereocenters. The molecule has 1 fully saturated rings. The third-order valence-electron chi connectivity index (χ3n) is 6.09. The molecule has 1 aliphatic heterocycles. The van der Waals surface area contributed by atoms with E-state index in [1.807, 2.05) is 19.1 Å². The quantitative estimate of drug-likeness (QED) is 0.703. The molecule has 168 valence electrons. The summed E-state index contributed by atoms with van der Waals surface area (Å²) >= 11 is 0. The number of rotatable bonds is 8. The molecule has 1 heterocycles. The number of methoxy groups -OCH3 is 2. The Morgan fingerprint density at radius 3 is 2.26 bits per heavy atom. The Hall–Kier alpha value is -2.57. The monoisotopic (exact) mass is 425 g/mol. The first-order valence-electron chi connectivity index (χ1n) is 10.9. The highest BCUT2D eigenvalue weighted by atomic mass is 16.5. The average Bonchev–Trinajstić information content (AvgIpc) is 2.76. The van der Waals surface area contributed by atoms with Crippen LogP contribution in [0.15, 0.2) is 36.4 Å². The Morgan fingerprint density at radius 1 is 0.935 bits per heavy atom. The fourth-order valence-electron chi connectivity index (χ4n) is 3.95. The summed E-state index contributed by atoms with van der Waals surface area (Å²) in [6.07, 6.45) is 0. The molecule has 1 saturated heterocycles. The fourth-order valence-corrected chi connectivity index (χ4v) is 3.95. The second-order valence-corrected chi connectivity index (χ2v) is 8.37. The summed E-state index contributed by atoms with van der Waals surface area (Å²) in [4.78, 5) is 17.2. The number of amides is 1. The van der Waals surface area contributed by atoms with Crippen LogP contribution in [-0.4, -0.2) is 62.7 Å². The van der Waals surface area contributed by atoms with E-state index < -0.39 is 0 Å². The number of aryl methyl sites for hydroxylation is 2. The minimum absolute atomic E-state index is 0.0122. The van der Waals surface area contributed by atoms with Gasteiger partial charge in [0.2, 0.25) is 5.91 Å².